The van der Waals surface area contributed by atoms with Gasteiger partial charge >= 0.3 is 6.03 Å². The Morgan fingerprint density at radius 1 is 1.30 bits per heavy atom. The molecule has 27 heavy (non-hydrogen) atoms. The van der Waals surface area contributed by atoms with Crippen molar-refractivity contribution in [2.45, 2.75) is 25.1 Å². The maximum Gasteiger partial charge on any atom is 0.328 e. The normalized spacial score (nSPS) is 20.9. The Hall–Kier alpha value is -2.49. The fourth-order valence-electron chi connectivity index (χ4n) is 3.16. The number of carbonyl (C=O) groups is 2. The predicted molar refractivity (Wildman–Crippen MR) is 91.7 cm³/mol. The molecule has 0 radical (unpaired) electrons. The first-order chi connectivity index (χ1) is 13.0. The summed E-state index contributed by atoms with van der Waals surface area (Å²) < 4.78 is 10.4. The number of carbonyl (C=O) groups excluding carboxylic acids is 2. The number of ether oxygens (including phenoxy) is 1. The minimum atomic E-state index is -0.825. The van der Waals surface area contributed by atoms with Gasteiger partial charge in [0.1, 0.15) is 12.6 Å². The molecule has 0 bridgehead atoms. The van der Waals surface area contributed by atoms with Crippen molar-refractivity contribution in [1.82, 2.24) is 19.9 Å². The highest BCUT2D eigenvalue weighted by Gasteiger charge is 2.47. The van der Waals surface area contributed by atoms with E-state index in [0.717, 1.165) is 4.90 Å². The number of urea groups is 1. The van der Waals surface area contributed by atoms with Gasteiger partial charge < -0.3 is 19.3 Å². The highest BCUT2D eigenvalue weighted by atomic mass is 35.5. The van der Waals surface area contributed by atoms with Gasteiger partial charge in [0, 0.05) is 18.0 Å². The lowest BCUT2D eigenvalue weighted by atomic mass is 10.1. The van der Waals surface area contributed by atoms with E-state index in [9.17, 15) is 14.7 Å². The molecule has 1 N–H and O–H groups in total. The molecule has 2 aliphatic rings. The van der Waals surface area contributed by atoms with E-state index in [1.54, 1.807) is 24.3 Å². The molecule has 142 valence electrons. The summed E-state index contributed by atoms with van der Waals surface area (Å²) in [4.78, 5) is 31.5. The first-order valence-corrected chi connectivity index (χ1v) is 8.85. The molecule has 3 amide bonds. The SMILES string of the molecule is O=C1[C@@H]2COCCN2C(=O)N1Cc1nc(C[C@H](O)c2ccc(Cl)cc2)no1. The van der Waals surface area contributed by atoms with E-state index in [1.165, 1.54) is 4.90 Å². The summed E-state index contributed by atoms with van der Waals surface area (Å²) >= 11 is 5.84. The van der Waals surface area contributed by atoms with Gasteiger partial charge in [-0.15, -0.1) is 0 Å². The van der Waals surface area contributed by atoms with Crippen LogP contribution in [0.25, 0.3) is 0 Å². The second kappa shape index (κ2) is 7.26. The summed E-state index contributed by atoms with van der Waals surface area (Å²) in [5, 5.41) is 14.7. The number of aliphatic hydroxyl groups excluding tert-OH is 1. The highest BCUT2D eigenvalue weighted by molar-refractivity contribution is 6.30. The molecular formula is C17H17ClN4O5. The van der Waals surface area contributed by atoms with Gasteiger partial charge in [0.15, 0.2) is 5.82 Å². The van der Waals surface area contributed by atoms with Crippen LogP contribution in [0, 0.1) is 0 Å². The Morgan fingerprint density at radius 2 is 2.07 bits per heavy atom. The molecule has 2 atom stereocenters. The molecular weight excluding hydrogens is 376 g/mol. The largest absolute Gasteiger partial charge is 0.388 e. The minimum Gasteiger partial charge on any atom is -0.388 e. The standard InChI is InChI=1S/C17H17ClN4O5/c18-11-3-1-10(2-4-11)13(23)7-14-19-15(27-20-14)8-22-16(24)12-9-26-6-5-21(12)17(22)25/h1-4,12-13,23H,5-9H2/t12-,13-/m0/s1. The van der Waals surface area contributed by atoms with E-state index < -0.39 is 12.1 Å². The average molecular weight is 393 g/mol. The number of aliphatic hydroxyl groups is 1. The van der Waals surface area contributed by atoms with Crippen LogP contribution < -0.4 is 0 Å². The molecule has 10 heteroatoms. The number of rotatable bonds is 5. The molecule has 4 rings (SSSR count). The predicted octanol–water partition coefficient (Wildman–Crippen LogP) is 1.16. The molecule has 1 aromatic heterocycles. The van der Waals surface area contributed by atoms with Gasteiger partial charge in [0.05, 0.1) is 19.3 Å². The van der Waals surface area contributed by atoms with Gasteiger partial charge in [0.25, 0.3) is 5.91 Å². The van der Waals surface area contributed by atoms with Crippen molar-refractivity contribution in [3.05, 3.63) is 46.6 Å². The lowest BCUT2D eigenvalue weighted by Crippen LogP contribution is -2.45. The van der Waals surface area contributed by atoms with Crippen LogP contribution in [0.5, 0.6) is 0 Å². The van der Waals surface area contributed by atoms with Crippen molar-refractivity contribution >= 4 is 23.5 Å². The van der Waals surface area contributed by atoms with Crippen LogP contribution in [-0.2, 0) is 22.5 Å². The number of benzene rings is 1. The molecule has 2 aromatic rings. The molecule has 2 aliphatic heterocycles. The van der Waals surface area contributed by atoms with Gasteiger partial charge in [-0.1, -0.05) is 28.9 Å². The minimum absolute atomic E-state index is 0.102. The molecule has 0 aliphatic carbocycles. The van der Waals surface area contributed by atoms with Crippen molar-refractivity contribution < 1.29 is 24.0 Å². The Kier molecular flexibility index (Phi) is 4.81. The first-order valence-electron chi connectivity index (χ1n) is 8.47. The zero-order chi connectivity index (χ0) is 19.0. The first kappa shape index (κ1) is 17.9. The number of hydrogen-bond donors (Lipinski definition) is 1. The fourth-order valence-corrected chi connectivity index (χ4v) is 3.29. The van der Waals surface area contributed by atoms with E-state index >= 15 is 0 Å². The van der Waals surface area contributed by atoms with Crippen LogP contribution in [0.2, 0.25) is 5.02 Å². The van der Waals surface area contributed by atoms with Crippen molar-refractivity contribution in [3.63, 3.8) is 0 Å². The van der Waals surface area contributed by atoms with E-state index in [0.29, 0.717) is 23.7 Å². The Bertz CT molecular complexity index is 831. The van der Waals surface area contributed by atoms with Crippen LogP contribution >= 0.6 is 11.6 Å². The van der Waals surface area contributed by atoms with E-state index in [1.807, 2.05) is 0 Å². The van der Waals surface area contributed by atoms with Crippen LogP contribution in [0.3, 0.4) is 0 Å². The summed E-state index contributed by atoms with van der Waals surface area (Å²) in [6, 6.07) is 5.84. The maximum atomic E-state index is 12.4. The number of aromatic nitrogens is 2. The second-order valence-corrected chi connectivity index (χ2v) is 6.80. The Balaban J connectivity index is 1.41. The summed E-state index contributed by atoms with van der Waals surface area (Å²) in [6.45, 7) is 0.892. The number of hydrogen-bond acceptors (Lipinski definition) is 7. The third-order valence-corrected chi connectivity index (χ3v) is 4.84. The molecule has 0 saturated carbocycles. The van der Waals surface area contributed by atoms with Gasteiger partial charge in [-0.05, 0) is 17.7 Å². The third kappa shape index (κ3) is 3.53. The number of fused-ring (bicyclic) bond motifs is 1. The van der Waals surface area contributed by atoms with Crippen LogP contribution in [-0.4, -0.2) is 62.8 Å². The van der Waals surface area contributed by atoms with Gasteiger partial charge in [-0.3, -0.25) is 9.69 Å². The zero-order valence-corrected chi connectivity index (χ0v) is 15.0. The number of amides is 3. The van der Waals surface area contributed by atoms with Crippen molar-refractivity contribution in [2.75, 3.05) is 19.8 Å². The van der Waals surface area contributed by atoms with Crippen LogP contribution in [0.4, 0.5) is 4.79 Å². The molecule has 9 nitrogen and oxygen atoms in total. The molecule has 1 aromatic carbocycles. The van der Waals surface area contributed by atoms with Crippen molar-refractivity contribution in [3.8, 4) is 0 Å². The molecule has 2 saturated heterocycles. The van der Waals surface area contributed by atoms with E-state index in [2.05, 4.69) is 10.1 Å². The Labute approximate surface area is 159 Å². The van der Waals surface area contributed by atoms with E-state index in [-0.39, 0.29) is 43.2 Å². The molecule has 3 heterocycles. The lowest BCUT2D eigenvalue weighted by Gasteiger charge is -2.26. The van der Waals surface area contributed by atoms with Crippen LogP contribution in [0.15, 0.2) is 28.8 Å². The number of nitrogens with zero attached hydrogens (tertiary/aromatic N) is 4. The summed E-state index contributed by atoms with van der Waals surface area (Å²) in [5.74, 6) is 0.0871. The summed E-state index contributed by atoms with van der Waals surface area (Å²) in [5.41, 5.74) is 0.674. The number of morpholine rings is 1. The number of imide groups is 1. The zero-order valence-electron chi connectivity index (χ0n) is 14.2. The smallest absolute Gasteiger partial charge is 0.328 e. The average Bonchev–Trinajstić information content (AvgIpc) is 3.21. The second-order valence-electron chi connectivity index (χ2n) is 6.37. The molecule has 0 unspecified atom stereocenters. The molecule has 0 spiro atoms. The van der Waals surface area contributed by atoms with Gasteiger partial charge in [-0.2, -0.15) is 4.98 Å². The fraction of sp³-hybridized carbons (Fsp3) is 0.412. The monoisotopic (exact) mass is 392 g/mol. The summed E-state index contributed by atoms with van der Waals surface area (Å²) in [7, 11) is 0. The maximum absolute atomic E-state index is 12.4. The van der Waals surface area contributed by atoms with E-state index in [4.69, 9.17) is 20.9 Å². The lowest BCUT2D eigenvalue weighted by molar-refractivity contribution is -0.131. The molecule has 2 fully saturated rings. The quantitative estimate of drug-likeness (QED) is 0.760. The van der Waals surface area contributed by atoms with Gasteiger partial charge in [-0.25, -0.2) is 4.79 Å². The Morgan fingerprint density at radius 3 is 2.81 bits per heavy atom. The van der Waals surface area contributed by atoms with Crippen molar-refractivity contribution in [1.29, 1.82) is 0 Å². The topological polar surface area (TPSA) is 109 Å². The van der Waals surface area contributed by atoms with Crippen molar-refractivity contribution in [2.24, 2.45) is 0 Å². The number of halogens is 1. The highest BCUT2D eigenvalue weighted by Crippen LogP contribution is 2.23. The third-order valence-electron chi connectivity index (χ3n) is 4.59. The van der Waals surface area contributed by atoms with Crippen LogP contribution in [0.1, 0.15) is 23.4 Å². The summed E-state index contributed by atoms with van der Waals surface area (Å²) in [6.07, 6.45) is -0.691. The van der Waals surface area contributed by atoms with Gasteiger partial charge in [0.2, 0.25) is 5.89 Å².